The fourth-order valence-electron chi connectivity index (χ4n) is 1.95. The predicted molar refractivity (Wildman–Crippen MR) is 69.0 cm³/mol. The number of ether oxygens (including phenoxy) is 1. The van der Waals surface area contributed by atoms with E-state index in [1.807, 2.05) is 29.9 Å². The Hall–Kier alpha value is -1.55. The number of rotatable bonds is 3. The zero-order valence-electron chi connectivity index (χ0n) is 10.8. The van der Waals surface area contributed by atoms with Crippen molar-refractivity contribution in [3.63, 3.8) is 0 Å². The van der Waals surface area contributed by atoms with Crippen LogP contribution >= 0.6 is 0 Å². The zero-order valence-corrected chi connectivity index (χ0v) is 10.8. The van der Waals surface area contributed by atoms with Crippen molar-refractivity contribution in [3.8, 4) is 5.75 Å². The third-order valence-corrected chi connectivity index (χ3v) is 3.12. The standard InChI is InChI=1S/C13H19N3O/c1-8(2)12(14)13-10-6-5-9(17-4)7-11(10)16(3)15-13/h5-8,12H,14H2,1-4H3. The van der Waals surface area contributed by atoms with Crippen LogP contribution in [0.2, 0.25) is 0 Å². The van der Waals surface area contributed by atoms with Crippen LogP contribution in [-0.4, -0.2) is 16.9 Å². The second-order valence-electron chi connectivity index (χ2n) is 4.66. The molecule has 1 aromatic carbocycles. The lowest BCUT2D eigenvalue weighted by atomic mass is 9.99. The summed E-state index contributed by atoms with van der Waals surface area (Å²) in [6, 6.07) is 5.92. The fraction of sp³-hybridized carbons (Fsp3) is 0.462. The summed E-state index contributed by atoms with van der Waals surface area (Å²) in [6.45, 7) is 4.21. The van der Waals surface area contributed by atoms with E-state index in [1.165, 1.54) is 0 Å². The van der Waals surface area contributed by atoms with Crippen LogP contribution in [0.25, 0.3) is 10.9 Å². The van der Waals surface area contributed by atoms with Crippen molar-refractivity contribution in [2.75, 3.05) is 7.11 Å². The average molecular weight is 233 g/mol. The lowest BCUT2D eigenvalue weighted by Crippen LogP contribution is -2.17. The van der Waals surface area contributed by atoms with E-state index in [9.17, 15) is 0 Å². The minimum absolute atomic E-state index is 0.0351. The van der Waals surface area contributed by atoms with Gasteiger partial charge < -0.3 is 10.5 Å². The highest BCUT2D eigenvalue weighted by molar-refractivity contribution is 5.83. The molecule has 1 heterocycles. The van der Waals surface area contributed by atoms with E-state index < -0.39 is 0 Å². The largest absolute Gasteiger partial charge is 0.497 e. The highest BCUT2D eigenvalue weighted by Gasteiger charge is 2.18. The van der Waals surface area contributed by atoms with E-state index in [0.29, 0.717) is 5.92 Å². The molecule has 0 bridgehead atoms. The quantitative estimate of drug-likeness (QED) is 0.884. The first kappa shape index (κ1) is 11.9. The molecule has 4 nitrogen and oxygen atoms in total. The summed E-state index contributed by atoms with van der Waals surface area (Å²) >= 11 is 0. The summed E-state index contributed by atoms with van der Waals surface area (Å²) in [7, 11) is 3.59. The molecule has 1 unspecified atom stereocenters. The summed E-state index contributed by atoms with van der Waals surface area (Å²) < 4.78 is 7.08. The molecule has 4 heteroatoms. The Kier molecular flexibility index (Phi) is 3.07. The molecule has 0 saturated carbocycles. The lowest BCUT2D eigenvalue weighted by molar-refractivity contribution is 0.415. The van der Waals surface area contributed by atoms with Crippen LogP contribution in [0.4, 0.5) is 0 Å². The summed E-state index contributed by atoms with van der Waals surface area (Å²) in [5, 5.41) is 5.63. The number of benzene rings is 1. The number of hydrogen-bond acceptors (Lipinski definition) is 3. The molecule has 0 saturated heterocycles. The van der Waals surface area contributed by atoms with E-state index >= 15 is 0 Å². The molecule has 0 aliphatic heterocycles. The second kappa shape index (κ2) is 4.37. The Morgan fingerprint density at radius 3 is 2.65 bits per heavy atom. The number of nitrogens with zero attached hydrogens (tertiary/aromatic N) is 2. The SMILES string of the molecule is COc1ccc2c(C(N)C(C)C)nn(C)c2c1. The Morgan fingerprint density at radius 2 is 2.06 bits per heavy atom. The van der Waals surface area contributed by atoms with Crippen molar-refractivity contribution in [3.05, 3.63) is 23.9 Å². The van der Waals surface area contributed by atoms with Gasteiger partial charge in [0.2, 0.25) is 0 Å². The second-order valence-corrected chi connectivity index (χ2v) is 4.66. The molecule has 2 aromatic rings. The van der Waals surface area contributed by atoms with E-state index in [1.54, 1.807) is 7.11 Å². The van der Waals surface area contributed by atoms with Gasteiger partial charge in [0.05, 0.1) is 24.4 Å². The fourth-order valence-corrected chi connectivity index (χ4v) is 1.95. The first-order valence-electron chi connectivity index (χ1n) is 5.80. The number of methoxy groups -OCH3 is 1. The highest BCUT2D eigenvalue weighted by Crippen LogP contribution is 2.28. The first-order chi connectivity index (χ1) is 8.04. The van der Waals surface area contributed by atoms with Crippen molar-refractivity contribution in [1.82, 2.24) is 9.78 Å². The van der Waals surface area contributed by atoms with Crippen LogP contribution in [0.3, 0.4) is 0 Å². The Labute approximate surface area is 101 Å². The highest BCUT2D eigenvalue weighted by atomic mass is 16.5. The van der Waals surface area contributed by atoms with Crippen LogP contribution in [0, 0.1) is 5.92 Å². The molecule has 0 radical (unpaired) electrons. The minimum atomic E-state index is -0.0351. The van der Waals surface area contributed by atoms with Gasteiger partial charge in [0.25, 0.3) is 0 Å². The number of nitrogens with two attached hydrogens (primary N) is 1. The maximum atomic E-state index is 6.18. The van der Waals surface area contributed by atoms with Crippen LogP contribution in [-0.2, 0) is 7.05 Å². The van der Waals surface area contributed by atoms with Crippen LogP contribution in [0.1, 0.15) is 25.6 Å². The van der Waals surface area contributed by atoms with Crippen LogP contribution in [0.5, 0.6) is 5.75 Å². The molecular formula is C13H19N3O. The van der Waals surface area contributed by atoms with Crippen LogP contribution < -0.4 is 10.5 Å². The molecule has 2 N–H and O–H groups in total. The third-order valence-electron chi connectivity index (χ3n) is 3.12. The van der Waals surface area contributed by atoms with Crippen molar-refractivity contribution < 1.29 is 4.74 Å². The van der Waals surface area contributed by atoms with Crippen molar-refractivity contribution in [2.45, 2.75) is 19.9 Å². The summed E-state index contributed by atoms with van der Waals surface area (Å²) in [5.74, 6) is 1.21. The van der Waals surface area contributed by atoms with Gasteiger partial charge in [-0.1, -0.05) is 13.8 Å². The van der Waals surface area contributed by atoms with Crippen molar-refractivity contribution >= 4 is 10.9 Å². The average Bonchev–Trinajstić information content (AvgIpc) is 2.65. The maximum Gasteiger partial charge on any atom is 0.121 e. The number of aryl methyl sites for hydroxylation is 1. The van der Waals surface area contributed by atoms with E-state index in [0.717, 1.165) is 22.3 Å². The lowest BCUT2D eigenvalue weighted by Gasteiger charge is -2.13. The molecule has 2 rings (SSSR count). The third kappa shape index (κ3) is 2.00. The summed E-state index contributed by atoms with van der Waals surface area (Å²) in [6.07, 6.45) is 0. The topological polar surface area (TPSA) is 53.1 Å². The van der Waals surface area contributed by atoms with Gasteiger partial charge in [0, 0.05) is 18.5 Å². The molecule has 17 heavy (non-hydrogen) atoms. The van der Waals surface area contributed by atoms with Gasteiger partial charge in [-0.25, -0.2) is 0 Å². The predicted octanol–water partition coefficient (Wildman–Crippen LogP) is 2.24. The van der Waals surface area contributed by atoms with E-state index in [2.05, 4.69) is 18.9 Å². The molecule has 1 atom stereocenters. The molecule has 0 aliphatic carbocycles. The number of fused-ring (bicyclic) bond motifs is 1. The van der Waals surface area contributed by atoms with Gasteiger partial charge in [-0.05, 0) is 18.1 Å². The van der Waals surface area contributed by atoms with Crippen LogP contribution in [0.15, 0.2) is 18.2 Å². The zero-order chi connectivity index (χ0) is 12.6. The van der Waals surface area contributed by atoms with E-state index in [-0.39, 0.29) is 6.04 Å². The minimum Gasteiger partial charge on any atom is -0.497 e. The van der Waals surface area contributed by atoms with Gasteiger partial charge in [-0.15, -0.1) is 0 Å². The molecule has 0 aliphatic rings. The molecule has 0 fully saturated rings. The number of hydrogen-bond donors (Lipinski definition) is 1. The molecule has 0 amide bonds. The summed E-state index contributed by atoms with van der Waals surface area (Å²) in [4.78, 5) is 0. The monoisotopic (exact) mass is 233 g/mol. The van der Waals surface area contributed by atoms with E-state index in [4.69, 9.17) is 10.5 Å². The van der Waals surface area contributed by atoms with Gasteiger partial charge in [0.1, 0.15) is 5.75 Å². The number of aromatic nitrogens is 2. The van der Waals surface area contributed by atoms with Crippen molar-refractivity contribution in [2.24, 2.45) is 18.7 Å². The molecule has 1 aromatic heterocycles. The van der Waals surface area contributed by atoms with Crippen molar-refractivity contribution in [1.29, 1.82) is 0 Å². The first-order valence-corrected chi connectivity index (χ1v) is 5.80. The Balaban J connectivity index is 2.60. The Bertz CT molecular complexity index is 531. The van der Waals surface area contributed by atoms with Gasteiger partial charge in [-0.3, -0.25) is 4.68 Å². The van der Waals surface area contributed by atoms with Gasteiger partial charge in [-0.2, -0.15) is 5.10 Å². The molecule has 92 valence electrons. The molecule has 0 spiro atoms. The molecular weight excluding hydrogens is 214 g/mol. The van der Waals surface area contributed by atoms with Gasteiger partial charge >= 0.3 is 0 Å². The maximum absolute atomic E-state index is 6.18. The summed E-state index contributed by atoms with van der Waals surface area (Å²) in [5.41, 5.74) is 8.19. The normalized spacial score (nSPS) is 13.3. The van der Waals surface area contributed by atoms with Gasteiger partial charge in [0.15, 0.2) is 0 Å². The Morgan fingerprint density at radius 1 is 1.35 bits per heavy atom. The smallest absolute Gasteiger partial charge is 0.121 e.